The molecule has 100 valence electrons. The lowest BCUT2D eigenvalue weighted by atomic mass is 10.1. The average molecular weight is 274 g/mol. The highest BCUT2D eigenvalue weighted by molar-refractivity contribution is 7.99. The van der Waals surface area contributed by atoms with Gasteiger partial charge in [0, 0.05) is 18.9 Å². The van der Waals surface area contributed by atoms with Crippen molar-refractivity contribution in [1.29, 1.82) is 0 Å². The summed E-state index contributed by atoms with van der Waals surface area (Å²) in [5, 5.41) is 15.1. The van der Waals surface area contributed by atoms with Crippen molar-refractivity contribution in [3.63, 3.8) is 0 Å². The van der Waals surface area contributed by atoms with Crippen molar-refractivity contribution in [3.8, 4) is 0 Å². The molecule has 0 radical (unpaired) electrons. The van der Waals surface area contributed by atoms with Gasteiger partial charge in [0.1, 0.15) is 5.50 Å². The minimum absolute atomic E-state index is 0.0928. The molecule has 0 amide bonds. The molecule has 0 spiro atoms. The van der Waals surface area contributed by atoms with Crippen LogP contribution in [0.25, 0.3) is 0 Å². The number of nitrogens with two attached hydrogens (primary N) is 1. The van der Waals surface area contributed by atoms with Gasteiger partial charge in [-0.05, 0) is 13.8 Å². The zero-order valence-corrected chi connectivity index (χ0v) is 10.9. The average Bonchev–Trinajstić information content (AvgIpc) is 2.64. The summed E-state index contributed by atoms with van der Waals surface area (Å²) in [5.74, 6) is -1.42. The quantitative estimate of drug-likeness (QED) is 0.357. The molecule has 1 heterocycles. The van der Waals surface area contributed by atoms with Crippen LogP contribution in [0.15, 0.2) is 9.55 Å². The van der Waals surface area contributed by atoms with Crippen molar-refractivity contribution >= 4 is 35.2 Å². The number of carboxylic acids is 1. The van der Waals surface area contributed by atoms with Crippen LogP contribution in [0.2, 0.25) is 0 Å². The summed E-state index contributed by atoms with van der Waals surface area (Å²) in [7, 11) is 0. The maximum absolute atomic E-state index is 11.4. The molecule has 18 heavy (non-hydrogen) atoms. The molecule has 4 N–H and O–H groups in total. The number of nitrogens with zero attached hydrogens (tertiary/aromatic N) is 2. The van der Waals surface area contributed by atoms with Crippen LogP contribution in [0, 0.1) is 0 Å². The lowest BCUT2D eigenvalue weighted by Crippen LogP contribution is -2.41. The molecule has 0 aromatic rings. The van der Waals surface area contributed by atoms with Gasteiger partial charge in [0.2, 0.25) is 5.60 Å². The van der Waals surface area contributed by atoms with Crippen molar-refractivity contribution in [2.75, 3.05) is 0 Å². The fourth-order valence-electron chi connectivity index (χ4n) is 0.882. The van der Waals surface area contributed by atoms with Gasteiger partial charge in [-0.3, -0.25) is 4.79 Å². The minimum Gasteiger partial charge on any atom is -0.478 e. The number of ketones is 1. The number of carbonyl (C=O) groups excluding carboxylic acids is 1. The largest absolute Gasteiger partial charge is 0.478 e. The second-order valence-electron chi connectivity index (χ2n) is 4.01. The smallest absolute Gasteiger partial charge is 0.350 e. The van der Waals surface area contributed by atoms with E-state index in [0.717, 1.165) is 11.9 Å². The number of hydrogen-bond acceptors (Lipinski definition) is 8. The molecule has 0 saturated carbocycles. The standard InChI is InChI=1S/C9H14N4O4S/c1-4(14)5(6-11-8(10)18-13-6)12-17-9(2,3)7(15)16/h8H,10H2,1-3H3,(H,11,13)(H,15,16)/b12-5+. The number of carboxylic acid groups (broad SMARTS) is 1. The first-order valence-corrected chi connectivity index (χ1v) is 5.84. The predicted octanol–water partition coefficient (Wildman–Crippen LogP) is -0.297. The Kier molecular flexibility index (Phi) is 4.30. The number of Topliss-reactive ketones (excluding diaryl/α,β-unsaturated/α-hetero) is 1. The van der Waals surface area contributed by atoms with Crippen molar-refractivity contribution < 1.29 is 19.5 Å². The van der Waals surface area contributed by atoms with Gasteiger partial charge in [0.25, 0.3) is 0 Å². The normalized spacial score (nSPS) is 20.1. The molecule has 0 aliphatic carbocycles. The van der Waals surface area contributed by atoms with Crippen LogP contribution in [0.1, 0.15) is 20.8 Å². The lowest BCUT2D eigenvalue weighted by Gasteiger charge is -2.17. The Labute approximate surface area is 108 Å². The van der Waals surface area contributed by atoms with Crippen molar-refractivity contribution in [3.05, 3.63) is 0 Å². The monoisotopic (exact) mass is 274 g/mol. The Balaban J connectivity index is 2.87. The summed E-state index contributed by atoms with van der Waals surface area (Å²) in [6.45, 7) is 3.91. The van der Waals surface area contributed by atoms with E-state index in [1.165, 1.54) is 20.8 Å². The molecular formula is C9H14N4O4S. The summed E-state index contributed by atoms with van der Waals surface area (Å²) >= 11 is 1.04. The Morgan fingerprint density at radius 1 is 1.61 bits per heavy atom. The van der Waals surface area contributed by atoms with E-state index in [4.69, 9.17) is 15.7 Å². The van der Waals surface area contributed by atoms with Crippen molar-refractivity contribution in [2.24, 2.45) is 15.3 Å². The molecule has 0 bridgehead atoms. The van der Waals surface area contributed by atoms with Gasteiger partial charge >= 0.3 is 5.97 Å². The fourth-order valence-corrected chi connectivity index (χ4v) is 1.40. The van der Waals surface area contributed by atoms with Gasteiger partial charge in [0.15, 0.2) is 17.3 Å². The van der Waals surface area contributed by atoms with Gasteiger partial charge in [0.05, 0.1) is 0 Å². The molecule has 0 saturated heterocycles. The molecule has 1 unspecified atom stereocenters. The summed E-state index contributed by atoms with van der Waals surface area (Å²) in [5.41, 5.74) is 3.44. The van der Waals surface area contributed by atoms with Crippen molar-refractivity contribution in [2.45, 2.75) is 31.9 Å². The van der Waals surface area contributed by atoms with E-state index in [1.54, 1.807) is 0 Å². The van der Waals surface area contributed by atoms with Crippen LogP contribution in [0.3, 0.4) is 0 Å². The highest BCUT2D eigenvalue weighted by Crippen LogP contribution is 2.14. The lowest BCUT2D eigenvalue weighted by molar-refractivity contribution is -0.161. The molecule has 9 heteroatoms. The summed E-state index contributed by atoms with van der Waals surface area (Å²) in [6, 6.07) is 0. The number of carbonyl (C=O) groups is 2. The van der Waals surface area contributed by atoms with Crippen LogP contribution in [-0.4, -0.2) is 39.5 Å². The van der Waals surface area contributed by atoms with Gasteiger partial charge in [-0.2, -0.15) is 4.40 Å². The molecule has 0 aromatic heterocycles. The third kappa shape index (κ3) is 3.44. The van der Waals surface area contributed by atoms with E-state index in [9.17, 15) is 9.59 Å². The summed E-state index contributed by atoms with van der Waals surface area (Å²) < 4.78 is 3.90. The highest BCUT2D eigenvalue weighted by atomic mass is 32.2. The topological polar surface area (TPSA) is 126 Å². The Bertz CT molecular complexity index is 432. The molecular weight excluding hydrogens is 260 g/mol. The molecule has 1 rings (SSSR count). The fraction of sp³-hybridized carbons (Fsp3) is 0.556. The number of oxime groups is 1. The van der Waals surface area contributed by atoms with Gasteiger partial charge in [-0.1, -0.05) is 5.16 Å². The third-order valence-electron chi connectivity index (χ3n) is 1.97. The Hall–Kier alpha value is -1.61. The van der Waals surface area contributed by atoms with E-state index in [2.05, 4.69) is 14.9 Å². The number of nitrogens with one attached hydrogen (secondary N) is 1. The van der Waals surface area contributed by atoms with Gasteiger partial charge in [-0.25, -0.2) is 4.79 Å². The molecule has 8 nitrogen and oxygen atoms in total. The van der Waals surface area contributed by atoms with Crippen LogP contribution >= 0.6 is 11.9 Å². The molecule has 1 aliphatic rings. The first-order chi connectivity index (χ1) is 8.24. The van der Waals surface area contributed by atoms with E-state index in [-0.39, 0.29) is 11.5 Å². The summed E-state index contributed by atoms with van der Waals surface area (Å²) in [4.78, 5) is 27.1. The number of rotatable bonds is 5. The molecule has 0 fully saturated rings. The molecule has 1 aliphatic heterocycles. The zero-order chi connectivity index (χ0) is 13.9. The van der Waals surface area contributed by atoms with Gasteiger partial charge < -0.3 is 21.0 Å². The predicted molar refractivity (Wildman–Crippen MR) is 67.1 cm³/mol. The van der Waals surface area contributed by atoms with E-state index in [1.807, 2.05) is 0 Å². The first kappa shape index (κ1) is 14.5. The van der Waals surface area contributed by atoms with Crippen LogP contribution in [0.5, 0.6) is 0 Å². The maximum atomic E-state index is 11.4. The minimum atomic E-state index is -1.53. The number of aliphatic carboxylic acids is 1. The Morgan fingerprint density at radius 2 is 2.22 bits per heavy atom. The number of amidine groups is 1. The maximum Gasteiger partial charge on any atom is 0.350 e. The van der Waals surface area contributed by atoms with E-state index in [0.29, 0.717) is 0 Å². The van der Waals surface area contributed by atoms with Crippen LogP contribution < -0.4 is 11.1 Å². The SMILES string of the molecule is CC(=O)/C(=N\OC(C)(C)C(=O)O)C1=NSC(N)N1. The molecule has 1 atom stereocenters. The second kappa shape index (κ2) is 5.36. The van der Waals surface area contributed by atoms with E-state index >= 15 is 0 Å². The van der Waals surface area contributed by atoms with Gasteiger partial charge in [-0.15, -0.1) is 0 Å². The first-order valence-electron chi connectivity index (χ1n) is 5.01. The van der Waals surface area contributed by atoms with E-state index < -0.39 is 22.9 Å². The van der Waals surface area contributed by atoms with Crippen LogP contribution in [-0.2, 0) is 14.4 Å². The molecule has 0 aromatic carbocycles. The third-order valence-corrected chi connectivity index (χ3v) is 2.61. The van der Waals surface area contributed by atoms with Crippen molar-refractivity contribution in [1.82, 2.24) is 5.32 Å². The van der Waals surface area contributed by atoms with Crippen LogP contribution in [0.4, 0.5) is 0 Å². The Morgan fingerprint density at radius 3 is 2.61 bits per heavy atom. The number of hydrogen-bond donors (Lipinski definition) is 3. The second-order valence-corrected chi connectivity index (χ2v) is 4.91. The highest BCUT2D eigenvalue weighted by Gasteiger charge is 2.31. The zero-order valence-electron chi connectivity index (χ0n) is 10.1. The summed E-state index contributed by atoms with van der Waals surface area (Å²) in [6.07, 6.45) is 0.